The summed E-state index contributed by atoms with van der Waals surface area (Å²) in [6, 6.07) is 7.49. The summed E-state index contributed by atoms with van der Waals surface area (Å²) in [6.07, 6.45) is 3.74. The molecule has 24 heavy (non-hydrogen) atoms. The maximum atomic E-state index is 12.4. The van der Waals surface area contributed by atoms with Crippen molar-refractivity contribution in [1.29, 1.82) is 0 Å². The Morgan fingerprint density at radius 2 is 2.29 bits per heavy atom. The second-order valence-corrected chi connectivity index (χ2v) is 7.20. The smallest absolute Gasteiger partial charge is 0.251 e. The number of piperidine rings is 1. The van der Waals surface area contributed by atoms with Gasteiger partial charge in [-0.2, -0.15) is 0 Å². The minimum Gasteiger partial charge on any atom is -0.348 e. The molecule has 1 amide bonds. The lowest BCUT2D eigenvalue weighted by atomic mass is 10.0. The molecule has 2 aromatic heterocycles. The normalized spacial score (nSPS) is 18.5. The van der Waals surface area contributed by atoms with Crippen molar-refractivity contribution in [1.82, 2.24) is 14.8 Å². The SMILES string of the molecule is CCn1ccc(C(=O)NC2CCCN(Cc3cccs3)C2)cc1=O. The van der Waals surface area contributed by atoms with Crippen LogP contribution in [0.25, 0.3) is 0 Å². The standard InChI is InChI=1S/C18H23N3O2S/c1-2-21-9-7-14(11-17(21)22)18(23)19-15-5-3-8-20(12-15)13-16-6-4-10-24-16/h4,6-7,9-11,15H,2-3,5,8,12-13H2,1H3,(H,19,23). The van der Waals surface area contributed by atoms with Gasteiger partial charge in [0.2, 0.25) is 0 Å². The van der Waals surface area contributed by atoms with Crippen molar-refractivity contribution in [2.75, 3.05) is 13.1 Å². The maximum absolute atomic E-state index is 12.4. The molecule has 0 aromatic carbocycles. The highest BCUT2D eigenvalue weighted by Gasteiger charge is 2.22. The van der Waals surface area contributed by atoms with E-state index in [-0.39, 0.29) is 17.5 Å². The van der Waals surface area contributed by atoms with Gasteiger partial charge in [0.15, 0.2) is 0 Å². The van der Waals surface area contributed by atoms with E-state index in [4.69, 9.17) is 0 Å². The Kier molecular flexibility index (Phi) is 5.48. The van der Waals surface area contributed by atoms with Crippen LogP contribution in [0.5, 0.6) is 0 Å². The highest BCUT2D eigenvalue weighted by Crippen LogP contribution is 2.17. The van der Waals surface area contributed by atoms with Crippen LogP contribution in [-0.4, -0.2) is 34.5 Å². The number of carbonyl (C=O) groups is 1. The number of thiophene rings is 1. The monoisotopic (exact) mass is 345 g/mol. The molecule has 6 heteroatoms. The fourth-order valence-electron chi connectivity index (χ4n) is 3.12. The number of pyridine rings is 1. The Morgan fingerprint density at radius 3 is 3.00 bits per heavy atom. The molecule has 0 spiro atoms. The number of nitrogens with one attached hydrogen (secondary N) is 1. The Morgan fingerprint density at radius 1 is 1.42 bits per heavy atom. The van der Waals surface area contributed by atoms with Gasteiger partial charge in [-0.25, -0.2) is 0 Å². The van der Waals surface area contributed by atoms with Crippen LogP contribution in [0, 0.1) is 0 Å². The molecule has 1 unspecified atom stereocenters. The van der Waals surface area contributed by atoms with E-state index < -0.39 is 0 Å². The van der Waals surface area contributed by atoms with Gasteiger partial charge in [0, 0.05) is 48.4 Å². The lowest BCUT2D eigenvalue weighted by Gasteiger charge is -2.32. The van der Waals surface area contributed by atoms with Gasteiger partial charge < -0.3 is 9.88 Å². The van der Waals surface area contributed by atoms with Crippen LogP contribution < -0.4 is 10.9 Å². The summed E-state index contributed by atoms with van der Waals surface area (Å²) in [5.74, 6) is -0.154. The van der Waals surface area contributed by atoms with Crippen LogP contribution in [0.1, 0.15) is 35.0 Å². The van der Waals surface area contributed by atoms with Gasteiger partial charge in [0.05, 0.1) is 0 Å². The van der Waals surface area contributed by atoms with Crippen molar-refractivity contribution in [3.05, 3.63) is 56.6 Å². The van der Waals surface area contributed by atoms with Crippen molar-refractivity contribution >= 4 is 17.2 Å². The largest absolute Gasteiger partial charge is 0.348 e. The zero-order valence-electron chi connectivity index (χ0n) is 13.9. The topological polar surface area (TPSA) is 54.3 Å². The average Bonchev–Trinajstić information content (AvgIpc) is 3.08. The van der Waals surface area contributed by atoms with Gasteiger partial charge in [-0.15, -0.1) is 11.3 Å². The molecular formula is C18H23N3O2S. The highest BCUT2D eigenvalue weighted by atomic mass is 32.1. The van der Waals surface area contributed by atoms with Crippen molar-refractivity contribution < 1.29 is 4.79 Å². The predicted octanol–water partition coefficient (Wildman–Crippen LogP) is 2.32. The molecule has 3 heterocycles. The van der Waals surface area contributed by atoms with Gasteiger partial charge in [0.1, 0.15) is 0 Å². The van der Waals surface area contributed by atoms with E-state index in [1.54, 1.807) is 28.2 Å². The summed E-state index contributed by atoms with van der Waals surface area (Å²) in [5, 5.41) is 5.18. The van der Waals surface area contributed by atoms with Crippen LogP contribution in [0.3, 0.4) is 0 Å². The summed E-state index contributed by atoms with van der Waals surface area (Å²) < 4.78 is 1.58. The molecule has 1 fully saturated rings. The van der Waals surface area contributed by atoms with Crippen LogP contribution in [0.15, 0.2) is 40.6 Å². The Bertz CT molecular complexity index is 739. The molecule has 1 saturated heterocycles. The molecule has 0 saturated carbocycles. The second kappa shape index (κ2) is 7.77. The summed E-state index contributed by atoms with van der Waals surface area (Å²) in [6.45, 7) is 5.38. The van der Waals surface area contributed by atoms with E-state index in [0.29, 0.717) is 12.1 Å². The van der Waals surface area contributed by atoms with E-state index in [2.05, 4.69) is 27.7 Å². The fourth-order valence-corrected chi connectivity index (χ4v) is 3.87. The molecule has 0 bridgehead atoms. The molecule has 0 radical (unpaired) electrons. The van der Waals surface area contributed by atoms with Crippen molar-refractivity contribution in [2.24, 2.45) is 0 Å². The summed E-state index contributed by atoms with van der Waals surface area (Å²) in [7, 11) is 0. The molecule has 1 aliphatic rings. The summed E-state index contributed by atoms with van der Waals surface area (Å²) in [5.41, 5.74) is 0.313. The molecule has 128 valence electrons. The number of nitrogens with zero attached hydrogens (tertiary/aromatic N) is 2. The molecule has 1 atom stereocenters. The average molecular weight is 345 g/mol. The van der Waals surface area contributed by atoms with Crippen molar-refractivity contribution in [3.8, 4) is 0 Å². The Hall–Kier alpha value is -1.92. The van der Waals surface area contributed by atoms with Crippen LogP contribution in [0.2, 0.25) is 0 Å². The van der Waals surface area contributed by atoms with E-state index >= 15 is 0 Å². The number of amides is 1. The zero-order chi connectivity index (χ0) is 16.9. The second-order valence-electron chi connectivity index (χ2n) is 6.17. The third-order valence-corrected chi connectivity index (χ3v) is 5.26. The first kappa shape index (κ1) is 16.9. The third kappa shape index (κ3) is 4.13. The lowest BCUT2D eigenvalue weighted by molar-refractivity contribution is 0.0901. The van der Waals surface area contributed by atoms with Crippen molar-refractivity contribution in [3.63, 3.8) is 0 Å². The van der Waals surface area contributed by atoms with Crippen LogP contribution >= 0.6 is 11.3 Å². The molecule has 0 aliphatic carbocycles. The minimum absolute atomic E-state index is 0.131. The molecule has 5 nitrogen and oxygen atoms in total. The zero-order valence-corrected chi connectivity index (χ0v) is 14.7. The summed E-state index contributed by atoms with van der Waals surface area (Å²) >= 11 is 1.77. The van der Waals surface area contributed by atoms with Crippen LogP contribution in [-0.2, 0) is 13.1 Å². The fraction of sp³-hybridized carbons (Fsp3) is 0.444. The molecule has 3 rings (SSSR count). The van der Waals surface area contributed by atoms with Gasteiger partial charge in [-0.3, -0.25) is 14.5 Å². The first-order valence-electron chi connectivity index (χ1n) is 8.42. The molecular weight excluding hydrogens is 322 g/mol. The van der Waals surface area contributed by atoms with Gasteiger partial charge in [-0.05, 0) is 43.8 Å². The van der Waals surface area contributed by atoms with Gasteiger partial charge >= 0.3 is 0 Å². The molecule has 1 aliphatic heterocycles. The number of rotatable bonds is 5. The van der Waals surface area contributed by atoms with Gasteiger partial charge in [-0.1, -0.05) is 6.07 Å². The predicted molar refractivity (Wildman–Crippen MR) is 96.5 cm³/mol. The number of aryl methyl sites for hydroxylation is 1. The van der Waals surface area contributed by atoms with E-state index in [1.807, 2.05) is 6.92 Å². The van der Waals surface area contributed by atoms with Crippen molar-refractivity contribution in [2.45, 2.75) is 38.9 Å². The summed E-state index contributed by atoms with van der Waals surface area (Å²) in [4.78, 5) is 28.0. The quantitative estimate of drug-likeness (QED) is 0.905. The Balaban J connectivity index is 1.59. The molecule has 1 N–H and O–H groups in total. The first-order chi connectivity index (χ1) is 11.7. The van der Waals surface area contributed by atoms with E-state index in [9.17, 15) is 9.59 Å². The lowest BCUT2D eigenvalue weighted by Crippen LogP contribution is -2.47. The number of carbonyl (C=O) groups excluding carboxylic acids is 1. The number of hydrogen-bond acceptors (Lipinski definition) is 4. The van der Waals surface area contributed by atoms with E-state index in [1.165, 1.54) is 10.9 Å². The van der Waals surface area contributed by atoms with E-state index in [0.717, 1.165) is 32.5 Å². The number of hydrogen-bond donors (Lipinski definition) is 1. The molecule has 2 aromatic rings. The highest BCUT2D eigenvalue weighted by molar-refractivity contribution is 7.09. The third-order valence-electron chi connectivity index (χ3n) is 4.40. The Labute approximate surface area is 145 Å². The maximum Gasteiger partial charge on any atom is 0.251 e. The number of aromatic nitrogens is 1. The van der Waals surface area contributed by atoms with Gasteiger partial charge in [0.25, 0.3) is 11.5 Å². The minimum atomic E-state index is -0.154. The number of likely N-dealkylation sites (tertiary alicyclic amines) is 1. The first-order valence-corrected chi connectivity index (χ1v) is 9.29. The van der Waals surface area contributed by atoms with Crippen LogP contribution in [0.4, 0.5) is 0 Å².